The molecule has 2 amide bonds. The monoisotopic (exact) mass is 549 g/mol. The number of hydrogen-bond donors (Lipinski definition) is 1. The van der Waals surface area contributed by atoms with E-state index in [1.54, 1.807) is 11.0 Å². The Bertz CT molecular complexity index is 1310. The fourth-order valence-electron chi connectivity index (χ4n) is 4.49. The summed E-state index contributed by atoms with van der Waals surface area (Å²) in [5, 5.41) is 2.97. The maximum atomic E-state index is 13.8. The van der Waals surface area contributed by atoms with Crippen LogP contribution in [0.1, 0.15) is 42.9 Å². The molecule has 0 spiro atoms. The predicted molar refractivity (Wildman–Crippen MR) is 157 cm³/mol. The first-order valence-electron chi connectivity index (χ1n) is 13.4. The lowest BCUT2D eigenvalue weighted by Gasteiger charge is -2.32. The van der Waals surface area contributed by atoms with Crippen LogP contribution in [0.3, 0.4) is 0 Å². The standard InChI is InChI=1S/C31H39N3O4S/c1-4-20-32-31(36)29(23-26-14-7-5-8-15-26)33(24-27-16-9-6-10-17-27)30(35)19-12-21-34(39(3,37)38)28-18-11-13-25(2)22-28/h5-11,13-18,22,29H,4,12,19-21,23-24H2,1-3H3,(H,32,36)/t29-/m1/s1. The van der Waals surface area contributed by atoms with Gasteiger partial charge in [-0.1, -0.05) is 79.7 Å². The quantitative estimate of drug-likeness (QED) is 0.316. The molecule has 3 aromatic carbocycles. The summed E-state index contributed by atoms with van der Waals surface area (Å²) in [5.41, 5.74) is 3.41. The molecule has 7 nitrogen and oxygen atoms in total. The second-order valence-electron chi connectivity index (χ2n) is 9.78. The number of nitrogens with zero attached hydrogens (tertiary/aromatic N) is 2. The second kappa shape index (κ2) is 14.5. The molecule has 0 aromatic heterocycles. The molecule has 3 rings (SSSR count). The van der Waals surface area contributed by atoms with Crippen molar-refractivity contribution in [2.75, 3.05) is 23.7 Å². The van der Waals surface area contributed by atoms with Gasteiger partial charge in [0, 0.05) is 32.5 Å². The van der Waals surface area contributed by atoms with E-state index in [0.717, 1.165) is 23.1 Å². The maximum Gasteiger partial charge on any atom is 0.243 e. The average molecular weight is 550 g/mol. The van der Waals surface area contributed by atoms with Crippen molar-refractivity contribution in [2.24, 2.45) is 0 Å². The van der Waals surface area contributed by atoms with E-state index in [-0.39, 0.29) is 31.3 Å². The highest BCUT2D eigenvalue weighted by Crippen LogP contribution is 2.21. The van der Waals surface area contributed by atoms with Gasteiger partial charge in [0.2, 0.25) is 21.8 Å². The molecule has 0 aliphatic rings. The Kier molecular flexibility index (Phi) is 11.1. The third-order valence-electron chi connectivity index (χ3n) is 6.46. The van der Waals surface area contributed by atoms with Gasteiger partial charge < -0.3 is 10.2 Å². The Balaban J connectivity index is 1.84. The molecule has 0 unspecified atom stereocenters. The number of amides is 2. The molecule has 0 saturated carbocycles. The van der Waals surface area contributed by atoms with Crippen molar-refractivity contribution in [1.29, 1.82) is 0 Å². The van der Waals surface area contributed by atoms with E-state index >= 15 is 0 Å². The van der Waals surface area contributed by atoms with Crippen LogP contribution in [0.5, 0.6) is 0 Å². The van der Waals surface area contributed by atoms with Crippen molar-refractivity contribution >= 4 is 27.5 Å². The summed E-state index contributed by atoms with van der Waals surface area (Å²) in [5.74, 6) is -0.383. The van der Waals surface area contributed by atoms with Crippen LogP contribution in [-0.2, 0) is 32.6 Å². The normalized spacial score (nSPS) is 12.0. The molecule has 0 aliphatic heterocycles. The summed E-state index contributed by atoms with van der Waals surface area (Å²) >= 11 is 0. The van der Waals surface area contributed by atoms with Crippen LogP contribution in [-0.4, -0.2) is 50.5 Å². The number of rotatable bonds is 14. The number of aryl methyl sites for hydroxylation is 1. The molecule has 0 radical (unpaired) electrons. The van der Waals surface area contributed by atoms with Crippen LogP contribution in [0, 0.1) is 6.92 Å². The smallest absolute Gasteiger partial charge is 0.243 e. The van der Waals surface area contributed by atoms with Gasteiger partial charge in [0.05, 0.1) is 11.9 Å². The SMILES string of the molecule is CCCNC(=O)[C@@H](Cc1ccccc1)N(Cc1ccccc1)C(=O)CCCN(c1cccc(C)c1)S(C)(=O)=O. The van der Waals surface area contributed by atoms with Crippen LogP contribution < -0.4 is 9.62 Å². The van der Waals surface area contributed by atoms with Gasteiger partial charge in [0.1, 0.15) is 6.04 Å². The number of anilines is 1. The van der Waals surface area contributed by atoms with Crippen molar-refractivity contribution in [3.8, 4) is 0 Å². The van der Waals surface area contributed by atoms with Crippen LogP contribution in [0.25, 0.3) is 0 Å². The summed E-state index contributed by atoms with van der Waals surface area (Å²) in [4.78, 5) is 28.8. The summed E-state index contributed by atoms with van der Waals surface area (Å²) in [6.45, 7) is 4.87. The Morgan fingerprint density at radius 3 is 2.13 bits per heavy atom. The molecule has 1 atom stereocenters. The van der Waals surface area contributed by atoms with Crippen molar-refractivity contribution < 1.29 is 18.0 Å². The van der Waals surface area contributed by atoms with Crippen LogP contribution >= 0.6 is 0 Å². The average Bonchev–Trinajstić information content (AvgIpc) is 2.92. The van der Waals surface area contributed by atoms with Crippen LogP contribution in [0.4, 0.5) is 5.69 Å². The molecule has 0 heterocycles. The van der Waals surface area contributed by atoms with Crippen molar-refractivity contribution in [3.05, 3.63) is 102 Å². The zero-order valence-corrected chi connectivity index (χ0v) is 23.9. The van der Waals surface area contributed by atoms with E-state index < -0.39 is 16.1 Å². The maximum absolute atomic E-state index is 13.8. The molecule has 3 aromatic rings. The van der Waals surface area contributed by atoms with Gasteiger partial charge >= 0.3 is 0 Å². The van der Waals surface area contributed by atoms with Crippen LogP contribution in [0.15, 0.2) is 84.9 Å². The second-order valence-corrected chi connectivity index (χ2v) is 11.7. The van der Waals surface area contributed by atoms with Crippen molar-refractivity contribution in [3.63, 3.8) is 0 Å². The highest BCUT2D eigenvalue weighted by atomic mass is 32.2. The molecular formula is C31H39N3O4S. The lowest BCUT2D eigenvalue weighted by Crippen LogP contribution is -2.50. The summed E-state index contributed by atoms with van der Waals surface area (Å²) in [6, 6.07) is 25.9. The fraction of sp³-hybridized carbons (Fsp3) is 0.355. The van der Waals surface area contributed by atoms with E-state index in [2.05, 4.69) is 5.32 Å². The molecule has 0 fully saturated rings. The van der Waals surface area contributed by atoms with Gasteiger partial charge in [-0.25, -0.2) is 8.42 Å². The first-order chi connectivity index (χ1) is 18.7. The summed E-state index contributed by atoms with van der Waals surface area (Å²) in [7, 11) is -3.54. The molecule has 208 valence electrons. The third kappa shape index (κ3) is 9.25. The Morgan fingerprint density at radius 1 is 0.897 bits per heavy atom. The zero-order valence-electron chi connectivity index (χ0n) is 23.0. The minimum Gasteiger partial charge on any atom is -0.354 e. The van der Waals surface area contributed by atoms with Gasteiger partial charge in [0.25, 0.3) is 0 Å². The van der Waals surface area contributed by atoms with Gasteiger partial charge in [-0.05, 0) is 48.6 Å². The van der Waals surface area contributed by atoms with E-state index in [9.17, 15) is 18.0 Å². The largest absolute Gasteiger partial charge is 0.354 e. The van der Waals surface area contributed by atoms with E-state index in [1.165, 1.54) is 10.6 Å². The molecule has 39 heavy (non-hydrogen) atoms. The fourth-order valence-corrected chi connectivity index (χ4v) is 5.44. The van der Waals surface area contributed by atoms with Gasteiger partial charge in [0.15, 0.2) is 0 Å². The molecule has 0 aliphatic carbocycles. The molecule has 0 bridgehead atoms. The molecule has 8 heteroatoms. The summed E-state index contributed by atoms with van der Waals surface area (Å²) < 4.78 is 26.5. The van der Waals surface area contributed by atoms with Crippen molar-refractivity contribution in [1.82, 2.24) is 10.2 Å². The topological polar surface area (TPSA) is 86.8 Å². The minimum atomic E-state index is -3.54. The number of carbonyl (C=O) groups excluding carboxylic acids is 2. The molecule has 1 N–H and O–H groups in total. The highest BCUT2D eigenvalue weighted by molar-refractivity contribution is 7.92. The Morgan fingerprint density at radius 2 is 1.54 bits per heavy atom. The first-order valence-corrected chi connectivity index (χ1v) is 15.2. The number of benzene rings is 3. The molecular weight excluding hydrogens is 510 g/mol. The van der Waals surface area contributed by atoms with Gasteiger partial charge in [-0.2, -0.15) is 0 Å². The van der Waals surface area contributed by atoms with Crippen molar-refractivity contribution in [2.45, 2.75) is 52.1 Å². The zero-order chi connectivity index (χ0) is 28.3. The number of sulfonamides is 1. The lowest BCUT2D eigenvalue weighted by molar-refractivity contribution is -0.141. The van der Waals surface area contributed by atoms with Gasteiger partial charge in [-0.15, -0.1) is 0 Å². The highest BCUT2D eigenvalue weighted by Gasteiger charge is 2.30. The first kappa shape index (κ1) is 29.9. The minimum absolute atomic E-state index is 0.108. The number of hydrogen-bond acceptors (Lipinski definition) is 4. The van der Waals surface area contributed by atoms with Crippen LogP contribution in [0.2, 0.25) is 0 Å². The Hall–Kier alpha value is -3.65. The predicted octanol–water partition coefficient (Wildman–Crippen LogP) is 4.71. The van der Waals surface area contributed by atoms with E-state index in [4.69, 9.17) is 0 Å². The van der Waals surface area contributed by atoms with Gasteiger partial charge in [-0.3, -0.25) is 13.9 Å². The van der Waals surface area contributed by atoms with E-state index in [1.807, 2.05) is 92.7 Å². The number of nitrogens with one attached hydrogen (secondary N) is 1. The summed E-state index contributed by atoms with van der Waals surface area (Å²) in [6.07, 6.45) is 2.77. The molecule has 0 saturated heterocycles. The lowest BCUT2D eigenvalue weighted by atomic mass is 10.0. The number of carbonyl (C=O) groups is 2. The van der Waals surface area contributed by atoms with E-state index in [0.29, 0.717) is 25.1 Å². The third-order valence-corrected chi connectivity index (χ3v) is 7.65. The Labute approximate surface area is 232 Å².